The Morgan fingerprint density at radius 2 is 2.20 bits per heavy atom. The van der Waals surface area contributed by atoms with Gasteiger partial charge in [0.15, 0.2) is 11.6 Å². The largest absolute Gasteiger partial charge is 0.505 e. The quantitative estimate of drug-likeness (QED) is 0.698. The third-order valence-electron chi connectivity index (χ3n) is 2.16. The number of benzene rings is 1. The smallest absolute Gasteiger partial charge is 0.304 e. The van der Waals surface area contributed by atoms with Gasteiger partial charge in [-0.25, -0.2) is 4.39 Å². The van der Waals surface area contributed by atoms with Crippen molar-refractivity contribution in [1.29, 1.82) is 0 Å². The molecule has 0 heterocycles. The molecular formula is C10H12FNO3. The fourth-order valence-electron chi connectivity index (χ4n) is 1.39. The average molecular weight is 213 g/mol. The monoisotopic (exact) mass is 213 g/mol. The van der Waals surface area contributed by atoms with Crippen molar-refractivity contribution in [2.45, 2.75) is 12.3 Å². The number of aliphatic carboxylic acids is 1. The van der Waals surface area contributed by atoms with Crippen molar-refractivity contribution >= 4 is 5.97 Å². The molecule has 15 heavy (non-hydrogen) atoms. The van der Waals surface area contributed by atoms with E-state index in [1.54, 1.807) is 0 Å². The standard InChI is InChI=1S/C10H12FNO3/c11-8-3-1-2-7(10(8)15)6(5-12)4-9(13)14/h1-3,6,15H,4-5,12H2,(H,13,14). The summed E-state index contributed by atoms with van der Waals surface area (Å²) in [5.41, 5.74) is 5.61. The van der Waals surface area contributed by atoms with Crippen LogP contribution in [-0.4, -0.2) is 22.7 Å². The summed E-state index contributed by atoms with van der Waals surface area (Å²) in [6, 6.07) is 3.99. The van der Waals surface area contributed by atoms with Crippen LogP contribution in [0.5, 0.6) is 5.75 Å². The Hall–Kier alpha value is -1.62. The lowest BCUT2D eigenvalue weighted by Crippen LogP contribution is -2.16. The first-order chi connectivity index (χ1) is 7.06. The molecule has 0 spiro atoms. The molecule has 1 aromatic carbocycles. The van der Waals surface area contributed by atoms with Gasteiger partial charge in [-0.2, -0.15) is 0 Å². The zero-order valence-electron chi connectivity index (χ0n) is 7.98. The number of aromatic hydroxyl groups is 1. The highest BCUT2D eigenvalue weighted by atomic mass is 19.1. The third-order valence-corrected chi connectivity index (χ3v) is 2.16. The second-order valence-corrected chi connectivity index (χ2v) is 3.21. The summed E-state index contributed by atoms with van der Waals surface area (Å²) in [5.74, 6) is -2.89. The number of hydrogen-bond donors (Lipinski definition) is 3. The number of halogens is 1. The van der Waals surface area contributed by atoms with Crippen LogP contribution in [0, 0.1) is 5.82 Å². The number of rotatable bonds is 4. The highest BCUT2D eigenvalue weighted by molar-refractivity contribution is 5.68. The van der Waals surface area contributed by atoms with E-state index in [2.05, 4.69) is 0 Å². The van der Waals surface area contributed by atoms with Gasteiger partial charge in [0.25, 0.3) is 0 Å². The molecule has 0 aromatic heterocycles. The van der Waals surface area contributed by atoms with Gasteiger partial charge in [-0.05, 0) is 12.6 Å². The van der Waals surface area contributed by atoms with Crippen LogP contribution < -0.4 is 5.73 Å². The number of carbonyl (C=O) groups is 1. The maximum absolute atomic E-state index is 13.0. The number of nitrogens with two attached hydrogens (primary N) is 1. The number of phenolic OH excluding ortho intramolecular Hbond substituents is 1. The number of carboxylic acid groups (broad SMARTS) is 1. The summed E-state index contributed by atoms with van der Waals surface area (Å²) >= 11 is 0. The Bertz CT molecular complexity index is 368. The molecule has 5 heteroatoms. The van der Waals surface area contributed by atoms with Crippen LogP contribution in [0.15, 0.2) is 18.2 Å². The first-order valence-corrected chi connectivity index (χ1v) is 4.45. The second-order valence-electron chi connectivity index (χ2n) is 3.21. The molecule has 0 fully saturated rings. The van der Waals surface area contributed by atoms with E-state index in [0.717, 1.165) is 6.07 Å². The molecule has 0 aliphatic rings. The predicted molar refractivity (Wildman–Crippen MR) is 52.1 cm³/mol. The van der Waals surface area contributed by atoms with E-state index in [0.29, 0.717) is 0 Å². The van der Waals surface area contributed by atoms with Crippen molar-refractivity contribution in [3.63, 3.8) is 0 Å². The summed E-state index contributed by atoms with van der Waals surface area (Å²) in [6.07, 6.45) is -0.229. The van der Waals surface area contributed by atoms with Crippen molar-refractivity contribution < 1.29 is 19.4 Å². The van der Waals surface area contributed by atoms with Gasteiger partial charge in [-0.1, -0.05) is 12.1 Å². The molecule has 4 N–H and O–H groups in total. The fourth-order valence-corrected chi connectivity index (χ4v) is 1.39. The lowest BCUT2D eigenvalue weighted by Gasteiger charge is -2.14. The first kappa shape index (κ1) is 11.5. The van der Waals surface area contributed by atoms with Crippen LogP contribution in [0.3, 0.4) is 0 Å². The van der Waals surface area contributed by atoms with Gasteiger partial charge in [-0.15, -0.1) is 0 Å². The maximum atomic E-state index is 13.0. The van der Waals surface area contributed by atoms with E-state index >= 15 is 0 Å². The molecule has 4 nitrogen and oxygen atoms in total. The zero-order valence-corrected chi connectivity index (χ0v) is 7.98. The number of phenols is 1. The van der Waals surface area contributed by atoms with Crippen molar-refractivity contribution in [2.24, 2.45) is 5.73 Å². The van der Waals surface area contributed by atoms with Crippen LogP contribution in [0.1, 0.15) is 17.9 Å². The molecule has 1 aromatic rings. The van der Waals surface area contributed by atoms with Gasteiger partial charge in [0.2, 0.25) is 0 Å². The van der Waals surface area contributed by atoms with Gasteiger partial charge >= 0.3 is 5.97 Å². The third kappa shape index (κ3) is 2.66. The van der Waals surface area contributed by atoms with Gasteiger partial charge < -0.3 is 15.9 Å². The Labute approximate surface area is 86.1 Å². The van der Waals surface area contributed by atoms with Crippen molar-refractivity contribution in [2.75, 3.05) is 6.54 Å². The van der Waals surface area contributed by atoms with Gasteiger partial charge in [0.1, 0.15) is 0 Å². The minimum atomic E-state index is -1.03. The molecule has 0 aliphatic carbocycles. The normalized spacial score (nSPS) is 12.4. The topological polar surface area (TPSA) is 83.6 Å². The van der Waals surface area contributed by atoms with E-state index in [-0.39, 0.29) is 18.5 Å². The Morgan fingerprint density at radius 3 is 2.73 bits per heavy atom. The Morgan fingerprint density at radius 1 is 1.53 bits per heavy atom. The van der Waals surface area contributed by atoms with E-state index < -0.39 is 23.5 Å². The number of carboxylic acids is 1. The van der Waals surface area contributed by atoms with Crippen molar-refractivity contribution in [3.05, 3.63) is 29.6 Å². The molecule has 0 radical (unpaired) electrons. The van der Waals surface area contributed by atoms with Crippen molar-refractivity contribution in [3.8, 4) is 5.75 Å². The van der Waals surface area contributed by atoms with E-state index in [9.17, 15) is 14.3 Å². The van der Waals surface area contributed by atoms with Crippen LogP contribution in [0.2, 0.25) is 0 Å². The molecule has 1 unspecified atom stereocenters. The van der Waals surface area contributed by atoms with E-state index in [1.165, 1.54) is 12.1 Å². The van der Waals surface area contributed by atoms with E-state index in [1.807, 2.05) is 0 Å². The highest BCUT2D eigenvalue weighted by Crippen LogP contribution is 2.29. The highest BCUT2D eigenvalue weighted by Gasteiger charge is 2.18. The molecule has 1 atom stereocenters. The zero-order chi connectivity index (χ0) is 11.4. The lowest BCUT2D eigenvalue weighted by atomic mass is 9.95. The summed E-state index contributed by atoms with van der Waals surface area (Å²) in [7, 11) is 0. The van der Waals surface area contributed by atoms with Gasteiger partial charge in [-0.3, -0.25) is 4.79 Å². The molecule has 0 saturated carbocycles. The maximum Gasteiger partial charge on any atom is 0.304 e. The minimum absolute atomic E-state index is 0.0450. The van der Waals surface area contributed by atoms with Crippen molar-refractivity contribution in [1.82, 2.24) is 0 Å². The molecule has 0 aliphatic heterocycles. The van der Waals surface area contributed by atoms with Crippen LogP contribution >= 0.6 is 0 Å². The van der Waals surface area contributed by atoms with Gasteiger partial charge in [0, 0.05) is 11.5 Å². The summed E-state index contributed by atoms with van der Waals surface area (Å²) in [5, 5.41) is 18.0. The molecule has 82 valence electrons. The van der Waals surface area contributed by atoms with Crippen LogP contribution in [0.25, 0.3) is 0 Å². The van der Waals surface area contributed by atoms with Gasteiger partial charge in [0.05, 0.1) is 6.42 Å². The Balaban J connectivity index is 3.01. The second kappa shape index (κ2) is 4.75. The summed E-state index contributed by atoms with van der Waals surface area (Å²) in [6.45, 7) is 0.0450. The average Bonchev–Trinajstić information content (AvgIpc) is 2.19. The van der Waals surface area contributed by atoms with Crippen LogP contribution in [-0.2, 0) is 4.79 Å². The number of para-hydroxylation sites is 1. The minimum Gasteiger partial charge on any atom is -0.505 e. The first-order valence-electron chi connectivity index (χ1n) is 4.45. The number of hydrogen-bond acceptors (Lipinski definition) is 3. The lowest BCUT2D eigenvalue weighted by molar-refractivity contribution is -0.137. The molecule has 0 bridgehead atoms. The fraction of sp³-hybridized carbons (Fsp3) is 0.300. The predicted octanol–water partition coefficient (Wildman–Crippen LogP) is 1.05. The van der Waals surface area contributed by atoms with Crippen LogP contribution in [0.4, 0.5) is 4.39 Å². The van der Waals surface area contributed by atoms with E-state index in [4.69, 9.17) is 10.8 Å². The SMILES string of the molecule is NCC(CC(=O)O)c1cccc(F)c1O. The molecule has 0 saturated heterocycles. The summed E-state index contributed by atoms with van der Waals surface area (Å²) < 4.78 is 13.0. The summed E-state index contributed by atoms with van der Waals surface area (Å²) in [4.78, 5) is 10.5. The molecular weight excluding hydrogens is 201 g/mol. The Kier molecular flexibility index (Phi) is 3.62. The molecule has 1 rings (SSSR count). The molecule has 0 amide bonds.